The van der Waals surface area contributed by atoms with Crippen LogP contribution in [0, 0.1) is 13.8 Å². The first-order valence-corrected chi connectivity index (χ1v) is 12.4. The van der Waals surface area contributed by atoms with Crippen molar-refractivity contribution in [3.8, 4) is 5.75 Å². The molecule has 1 aromatic heterocycles. The Balaban J connectivity index is 1.37. The van der Waals surface area contributed by atoms with Crippen LogP contribution in [0.4, 0.5) is 5.82 Å². The maximum absolute atomic E-state index is 13.7. The lowest BCUT2D eigenvalue weighted by molar-refractivity contribution is -0.125. The number of piperazine rings is 1. The second-order valence-corrected chi connectivity index (χ2v) is 9.24. The largest absolute Gasteiger partial charge is 0.497 e. The minimum absolute atomic E-state index is 0.0511. The zero-order valence-corrected chi connectivity index (χ0v) is 21.1. The molecule has 0 aliphatic carbocycles. The zero-order chi connectivity index (χ0) is 25.1. The summed E-state index contributed by atoms with van der Waals surface area (Å²) in [6.45, 7) is 7.05. The Bertz CT molecular complexity index is 1400. The number of ether oxygens (including phenoxy) is 1. The number of nitrogens with zero attached hydrogens (tertiary/aromatic N) is 3. The Morgan fingerprint density at radius 3 is 2.28 bits per heavy atom. The van der Waals surface area contributed by atoms with Gasteiger partial charge in [0.1, 0.15) is 11.6 Å². The predicted molar refractivity (Wildman–Crippen MR) is 147 cm³/mol. The van der Waals surface area contributed by atoms with Crippen LogP contribution in [0.25, 0.3) is 22.6 Å². The lowest BCUT2D eigenvalue weighted by Gasteiger charge is -2.36. The van der Waals surface area contributed by atoms with Crippen LogP contribution in [0.3, 0.4) is 0 Å². The quantitative estimate of drug-likeness (QED) is 0.271. The maximum Gasteiger partial charge on any atom is 0.254 e. The third-order valence-corrected chi connectivity index (χ3v) is 6.87. The van der Waals surface area contributed by atoms with E-state index in [9.17, 15) is 4.79 Å². The maximum atomic E-state index is 13.7. The molecule has 0 N–H and O–H groups in total. The van der Waals surface area contributed by atoms with Crippen LogP contribution in [0.15, 0.2) is 78.9 Å². The van der Waals surface area contributed by atoms with E-state index in [0.29, 0.717) is 18.7 Å². The van der Waals surface area contributed by atoms with E-state index in [0.717, 1.165) is 41.3 Å². The summed E-state index contributed by atoms with van der Waals surface area (Å²) >= 11 is 0. The highest BCUT2D eigenvalue weighted by molar-refractivity contribution is 6.24. The minimum Gasteiger partial charge on any atom is -0.497 e. The van der Waals surface area contributed by atoms with Gasteiger partial charge in [0, 0.05) is 37.1 Å². The SMILES string of the molecule is COc1ccc(/C=C(/C(=O)N2CCN(c3cc(C)c4cccc(C)c4n3)CC2)c2ccccc2)cc1. The number of para-hydroxylation sites is 1. The van der Waals surface area contributed by atoms with Gasteiger partial charge < -0.3 is 14.5 Å². The van der Waals surface area contributed by atoms with Gasteiger partial charge in [-0.15, -0.1) is 0 Å². The number of rotatable bonds is 5. The van der Waals surface area contributed by atoms with Crippen molar-refractivity contribution in [2.75, 3.05) is 38.2 Å². The Hall–Kier alpha value is -4.12. The van der Waals surface area contributed by atoms with Crippen molar-refractivity contribution >= 4 is 34.3 Å². The highest BCUT2D eigenvalue weighted by Crippen LogP contribution is 2.27. The van der Waals surface area contributed by atoms with Crippen molar-refractivity contribution in [1.29, 1.82) is 0 Å². The summed E-state index contributed by atoms with van der Waals surface area (Å²) in [5.74, 6) is 1.83. The molecule has 1 aliphatic heterocycles. The molecule has 5 rings (SSSR count). The number of fused-ring (bicyclic) bond motifs is 1. The van der Waals surface area contributed by atoms with E-state index in [2.05, 4.69) is 43.0 Å². The molecule has 3 aromatic carbocycles. The van der Waals surface area contributed by atoms with Crippen molar-refractivity contribution in [1.82, 2.24) is 9.88 Å². The molecule has 5 heteroatoms. The first kappa shape index (κ1) is 23.6. The van der Waals surface area contributed by atoms with Gasteiger partial charge in [0.15, 0.2) is 0 Å². The van der Waals surface area contributed by atoms with E-state index in [1.54, 1.807) is 7.11 Å². The second kappa shape index (κ2) is 10.2. The minimum atomic E-state index is 0.0511. The number of aromatic nitrogens is 1. The van der Waals surface area contributed by atoms with Crippen LogP contribution in [0.1, 0.15) is 22.3 Å². The molecular weight excluding hydrogens is 446 g/mol. The summed E-state index contributed by atoms with van der Waals surface area (Å²) in [6, 6.07) is 26.2. The highest BCUT2D eigenvalue weighted by atomic mass is 16.5. The van der Waals surface area contributed by atoms with E-state index in [4.69, 9.17) is 9.72 Å². The smallest absolute Gasteiger partial charge is 0.254 e. The summed E-state index contributed by atoms with van der Waals surface area (Å²) in [6.07, 6.45) is 1.97. The fourth-order valence-corrected chi connectivity index (χ4v) is 4.77. The monoisotopic (exact) mass is 477 g/mol. The molecule has 5 nitrogen and oxygen atoms in total. The summed E-state index contributed by atoms with van der Waals surface area (Å²) in [7, 11) is 1.65. The molecule has 2 heterocycles. The second-order valence-electron chi connectivity index (χ2n) is 9.24. The number of anilines is 1. The van der Waals surface area contributed by atoms with Crippen molar-refractivity contribution in [2.45, 2.75) is 13.8 Å². The summed E-state index contributed by atoms with van der Waals surface area (Å²) in [5, 5.41) is 1.20. The molecule has 0 spiro atoms. The molecule has 1 saturated heterocycles. The molecule has 0 unspecified atom stereocenters. The third-order valence-electron chi connectivity index (χ3n) is 6.87. The molecule has 36 heavy (non-hydrogen) atoms. The van der Waals surface area contributed by atoms with Gasteiger partial charge in [-0.05, 0) is 60.4 Å². The van der Waals surface area contributed by atoms with Gasteiger partial charge >= 0.3 is 0 Å². The van der Waals surface area contributed by atoms with Crippen molar-refractivity contribution in [2.24, 2.45) is 0 Å². The van der Waals surface area contributed by atoms with Crippen LogP contribution in [-0.4, -0.2) is 49.1 Å². The van der Waals surface area contributed by atoms with Crippen LogP contribution in [-0.2, 0) is 4.79 Å². The molecule has 0 atom stereocenters. The Labute approximate surface area is 212 Å². The van der Waals surface area contributed by atoms with Gasteiger partial charge in [0.2, 0.25) is 0 Å². The first-order chi connectivity index (χ1) is 17.5. The van der Waals surface area contributed by atoms with E-state index >= 15 is 0 Å². The fourth-order valence-electron chi connectivity index (χ4n) is 4.77. The summed E-state index contributed by atoms with van der Waals surface area (Å²) < 4.78 is 5.28. The van der Waals surface area contributed by atoms with E-state index in [-0.39, 0.29) is 5.91 Å². The highest BCUT2D eigenvalue weighted by Gasteiger charge is 2.25. The van der Waals surface area contributed by atoms with Crippen molar-refractivity contribution in [3.05, 3.63) is 101 Å². The van der Waals surface area contributed by atoms with Gasteiger partial charge in [-0.1, -0.05) is 60.7 Å². The van der Waals surface area contributed by atoms with Gasteiger partial charge in [-0.3, -0.25) is 4.79 Å². The van der Waals surface area contributed by atoms with Crippen LogP contribution < -0.4 is 9.64 Å². The molecule has 1 amide bonds. The van der Waals surface area contributed by atoms with Crippen LogP contribution in [0.5, 0.6) is 5.75 Å². The number of aryl methyl sites for hydroxylation is 2. The number of methoxy groups -OCH3 is 1. The fraction of sp³-hybridized carbons (Fsp3) is 0.226. The average molecular weight is 478 g/mol. The number of hydrogen-bond acceptors (Lipinski definition) is 4. The summed E-state index contributed by atoms with van der Waals surface area (Å²) in [4.78, 5) is 23.0. The van der Waals surface area contributed by atoms with E-state index in [1.807, 2.05) is 65.6 Å². The number of amides is 1. The number of carbonyl (C=O) groups excluding carboxylic acids is 1. The molecule has 0 bridgehead atoms. The molecule has 1 aliphatic rings. The third kappa shape index (κ3) is 4.82. The van der Waals surface area contributed by atoms with Crippen LogP contribution in [0.2, 0.25) is 0 Å². The number of carbonyl (C=O) groups is 1. The van der Waals surface area contributed by atoms with Gasteiger partial charge in [-0.2, -0.15) is 0 Å². The molecular formula is C31H31N3O2. The molecule has 0 radical (unpaired) electrons. The molecule has 182 valence electrons. The lowest BCUT2D eigenvalue weighted by Crippen LogP contribution is -2.49. The normalized spacial score (nSPS) is 14.2. The molecule has 1 fully saturated rings. The topological polar surface area (TPSA) is 45.7 Å². The predicted octanol–water partition coefficient (Wildman–Crippen LogP) is 5.75. The van der Waals surface area contributed by atoms with Crippen molar-refractivity contribution < 1.29 is 9.53 Å². The van der Waals surface area contributed by atoms with Gasteiger partial charge in [0.05, 0.1) is 12.6 Å². The van der Waals surface area contributed by atoms with Gasteiger partial charge in [-0.25, -0.2) is 4.98 Å². The average Bonchev–Trinajstić information content (AvgIpc) is 2.93. The molecule has 0 saturated carbocycles. The lowest BCUT2D eigenvalue weighted by atomic mass is 10.0. The zero-order valence-electron chi connectivity index (χ0n) is 21.1. The van der Waals surface area contributed by atoms with E-state index in [1.165, 1.54) is 16.5 Å². The van der Waals surface area contributed by atoms with Gasteiger partial charge in [0.25, 0.3) is 5.91 Å². The molecule has 4 aromatic rings. The Kier molecular flexibility index (Phi) is 6.72. The standard InChI is InChI=1S/C31H31N3O2/c1-22-8-7-11-27-23(2)20-29(32-30(22)27)33-16-18-34(19-17-33)31(35)28(25-9-5-4-6-10-25)21-24-12-14-26(36-3)15-13-24/h4-15,20-21H,16-19H2,1-3H3/b28-21+. The van der Waals surface area contributed by atoms with E-state index < -0.39 is 0 Å². The summed E-state index contributed by atoms with van der Waals surface area (Å²) in [5.41, 5.74) is 6.05. The number of hydrogen-bond donors (Lipinski definition) is 0. The Morgan fingerprint density at radius 1 is 0.861 bits per heavy atom. The van der Waals surface area contributed by atoms with Crippen molar-refractivity contribution in [3.63, 3.8) is 0 Å². The van der Waals surface area contributed by atoms with Crippen LogP contribution >= 0.6 is 0 Å². The number of benzene rings is 3. The Morgan fingerprint density at radius 2 is 1.58 bits per heavy atom. The first-order valence-electron chi connectivity index (χ1n) is 12.4. The number of pyridine rings is 1.